The molecule has 2 aliphatic heterocycles. The van der Waals surface area contributed by atoms with E-state index < -0.39 is 0 Å². The third-order valence-electron chi connectivity index (χ3n) is 10.0. The SMILES string of the molecule is Cc1nc(-c2ccc(N3CCN(C(C)C)CC3)cc2)cs1.Cc1nc(-c2ccccc2)ns1.Cc1ncc(CN2CCCCCC2)s1.Cc1nnc(-c2ccccc2)s1. The van der Waals surface area contributed by atoms with Gasteiger partial charge in [-0.05, 0) is 91.1 Å². The number of aryl methyl sites for hydroxylation is 4. The van der Waals surface area contributed by atoms with Crippen LogP contribution in [0.1, 0.15) is 64.4 Å². The van der Waals surface area contributed by atoms with Gasteiger partial charge in [-0.3, -0.25) is 9.80 Å². The lowest BCUT2D eigenvalue weighted by molar-refractivity contribution is 0.209. The van der Waals surface area contributed by atoms with E-state index in [2.05, 4.69) is 102 Å². The van der Waals surface area contributed by atoms with Gasteiger partial charge in [-0.1, -0.05) is 97.0 Å². The summed E-state index contributed by atoms with van der Waals surface area (Å²) in [6.45, 7) is 20.8. The summed E-state index contributed by atoms with van der Waals surface area (Å²) < 4.78 is 4.22. The van der Waals surface area contributed by atoms with Crippen LogP contribution in [-0.4, -0.2) is 84.6 Å². The Hall–Kier alpha value is -4.24. The van der Waals surface area contributed by atoms with Gasteiger partial charge in [0, 0.05) is 77.6 Å². The molecule has 0 radical (unpaired) electrons. The third-order valence-corrected chi connectivity index (χ3v) is 13.2. The van der Waals surface area contributed by atoms with Crippen molar-refractivity contribution < 1.29 is 0 Å². The number of hydrogen-bond donors (Lipinski definition) is 0. The largest absolute Gasteiger partial charge is 0.369 e. The van der Waals surface area contributed by atoms with E-state index in [0.29, 0.717) is 6.04 Å². The van der Waals surface area contributed by atoms with Crippen molar-refractivity contribution in [3.05, 3.63) is 121 Å². The fourth-order valence-corrected chi connectivity index (χ4v) is 9.47. The molecule has 2 saturated heterocycles. The first-order valence-corrected chi connectivity index (χ1v) is 23.8. The molecule has 0 spiro atoms. The third kappa shape index (κ3) is 14.2. The molecule has 2 aliphatic rings. The number of benzene rings is 3. The second-order valence-corrected chi connectivity index (χ2v) is 19.5. The Morgan fingerprint density at radius 2 is 1.27 bits per heavy atom. The summed E-state index contributed by atoms with van der Waals surface area (Å²) in [5, 5.41) is 15.5. The van der Waals surface area contributed by atoms with Gasteiger partial charge in [-0.25, -0.2) is 15.0 Å². The van der Waals surface area contributed by atoms with Crippen LogP contribution in [-0.2, 0) is 6.54 Å². The van der Waals surface area contributed by atoms with Gasteiger partial charge in [0.1, 0.15) is 15.0 Å². The Morgan fingerprint density at radius 1 is 0.610 bits per heavy atom. The second-order valence-electron chi connectivity index (χ2n) is 14.9. The van der Waals surface area contributed by atoms with Gasteiger partial charge in [0.2, 0.25) is 0 Å². The van der Waals surface area contributed by atoms with Crippen molar-refractivity contribution in [2.45, 2.75) is 79.8 Å². The number of anilines is 1. The van der Waals surface area contributed by atoms with Crippen molar-refractivity contribution in [1.29, 1.82) is 0 Å². The molecule has 59 heavy (non-hydrogen) atoms. The molecule has 0 bridgehead atoms. The number of aromatic nitrogens is 6. The van der Waals surface area contributed by atoms with Crippen molar-refractivity contribution in [1.82, 2.24) is 39.3 Å². The van der Waals surface area contributed by atoms with Crippen LogP contribution in [0.25, 0.3) is 33.2 Å². The highest BCUT2D eigenvalue weighted by molar-refractivity contribution is 7.14. The molecule has 0 amide bonds. The minimum atomic E-state index is 0.655. The molecule has 3 aromatic carbocycles. The van der Waals surface area contributed by atoms with Crippen LogP contribution in [0.5, 0.6) is 0 Å². The Morgan fingerprint density at radius 3 is 1.80 bits per heavy atom. The number of piperazine rings is 1. The lowest BCUT2D eigenvalue weighted by Gasteiger charge is -2.38. The van der Waals surface area contributed by atoms with Crippen molar-refractivity contribution in [2.75, 3.05) is 44.2 Å². The molecular weight excluding hydrogens is 807 g/mol. The van der Waals surface area contributed by atoms with Gasteiger partial charge in [0.25, 0.3) is 0 Å². The van der Waals surface area contributed by atoms with Crippen LogP contribution in [0, 0.1) is 27.7 Å². The van der Waals surface area contributed by atoms with Crippen LogP contribution in [0.4, 0.5) is 5.69 Å². The van der Waals surface area contributed by atoms with Crippen LogP contribution >= 0.6 is 45.5 Å². The first-order valence-electron chi connectivity index (χ1n) is 20.6. The summed E-state index contributed by atoms with van der Waals surface area (Å²) in [6, 6.07) is 29.6. The normalized spacial score (nSPS) is 14.7. The lowest BCUT2D eigenvalue weighted by Crippen LogP contribution is -2.48. The van der Waals surface area contributed by atoms with E-state index in [1.807, 2.05) is 92.0 Å². The second kappa shape index (κ2) is 22.9. The minimum Gasteiger partial charge on any atom is -0.369 e. The number of rotatable bonds is 7. The molecule has 13 heteroatoms. The first kappa shape index (κ1) is 44.3. The molecule has 9 nitrogen and oxygen atoms in total. The number of hydrogen-bond acceptors (Lipinski definition) is 13. The number of thiazole rings is 2. The quantitative estimate of drug-likeness (QED) is 0.155. The van der Waals surface area contributed by atoms with E-state index in [1.54, 1.807) is 22.7 Å². The van der Waals surface area contributed by atoms with Gasteiger partial charge in [0.05, 0.1) is 15.7 Å². The predicted molar refractivity (Wildman–Crippen MR) is 252 cm³/mol. The lowest BCUT2D eigenvalue weighted by atomic mass is 10.1. The maximum absolute atomic E-state index is 4.55. The summed E-state index contributed by atoms with van der Waals surface area (Å²) in [6.07, 6.45) is 7.61. The summed E-state index contributed by atoms with van der Waals surface area (Å²) in [5.41, 5.74) is 5.86. The van der Waals surface area contributed by atoms with E-state index in [1.165, 1.54) is 71.4 Å². The van der Waals surface area contributed by atoms with E-state index in [0.717, 1.165) is 75.4 Å². The van der Waals surface area contributed by atoms with Crippen molar-refractivity contribution in [2.24, 2.45) is 0 Å². The Bertz CT molecular complexity index is 2140. The number of likely N-dealkylation sites (tertiary alicyclic amines) is 1. The van der Waals surface area contributed by atoms with Crippen LogP contribution in [0.3, 0.4) is 0 Å². The zero-order valence-corrected chi connectivity index (χ0v) is 38.5. The standard InChI is InChI=1S/C17H23N3S.C11H18N2S.2C9H8N2S/c1-13(2)19-8-10-20(11-9-19)16-6-4-15(5-7-16)17-12-21-14(3)18-17;1-10-12-8-11(14-10)9-13-6-4-2-3-5-7-13;1-7-10-11-9(12-7)8-5-3-2-4-6-8;1-7-10-9(11-12-7)8-5-3-2-4-6-8/h4-7,12-13H,8-11H2,1-3H3;8H,2-7,9H2,1H3;2*2-6H,1H3. The van der Waals surface area contributed by atoms with Gasteiger partial charge in [-0.2, -0.15) is 4.37 Å². The molecule has 0 atom stereocenters. The molecule has 6 heterocycles. The average Bonchev–Trinajstić information content (AvgIpc) is 4.07. The molecule has 0 unspecified atom stereocenters. The van der Waals surface area contributed by atoms with Crippen molar-refractivity contribution >= 4 is 51.2 Å². The van der Waals surface area contributed by atoms with Crippen molar-refractivity contribution in [3.63, 3.8) is 0 Å². The highest BCUT2D eigenvalue weighted by atomic mass is 32.1. The fourth-order valence-electron chi connectivity index (χ4n) is 6.83. The molecule has 7 aromatic rings. The van der Waals surface area contributed by atoms with E-state index in [4.69, 9.17) is 0 Å². The van der Waals surface area contributed by atoms with Gasteiger partial charge in [-0.15, -0.1) is 32.9 Å². The maximum Gasteiger partial charge on any atom is 0.173 e. The van der Waals surface area contributed by atoms with E-state index >= 15 is 0 Å². The monoisotopic (exact) mass is 863 g/mol. The highest BCUT2D eigenvalue weighted by Gasteiger charge is 2.19. The smallest absolute Gasteiger partial charge is 0.173 e. The zero-order chi connectivity index (χ0) is 41.4. The highest BCUT2D eigenvalue weighted by Crippen LogP contribution is 2.26. The van der Waals surface area contributed by atoms with Gasteiger partial charge in [0.15, 0.2) is 5.82 Å². The molecule has 0 aliphatic carbocycles. The zero-order valence-electron chi connectivity index (χ0n) is 35.3. The predicted octanol–water partition coefficient (Wildman–Crippen LogP) is 11.5. The Kier molecular flexibility index (Phi) is 17.2. The van der Waals surface area contributed by atoms with Gasteiger partial charge >= 0.3 is 0 Å². The molecule has 2 fully saturated rings. The molecule has 0 N–H and O–H groups in total. The van der Waals surface area contributed by atoms with Crippen LogP contribution in [0.15, 0.2) is 96.5 Å². The summed E-state index contributed by atoms with van der Waals surface area (Å²) in [7, 11) is 0. The first-order chi connectivity index (χ1) is 28.7. The van der Waals surface area contributed by atoms with E-state index in [-0.39, 0.29) is 0 Å². The summed E-state index contributed by atoms with van der Waals surface area (Å²) in [5.74, 6) is 0.832. The molecule has 4 aromatic heterocycles. The Labute approximate surface area is 367 Å². The summed E-state index contributed by atoms with van der Waals surface area (Å²) >= 11 is 6.60. The van der Waals surface area contributed by atoms with Crippen molar-refractivity contribution in [3.8, 4) is 33.2 Å². The molecule has 310 valence electrons. The molecule has 9 rings (SSSR count). The number of nitrogens with zero attached hydrogens (tertiary/aromatic N) is 9. The fraction of sp³-hybridized carbons (Fsp3) is 0.391. The molecule has 0 saturated carbocycles. The summed E-state index contributed by atoms with van der Waals surface area (Å²) in [4.78, 5) is 22.2. The molecular formula is C46H57N9S4. The van der Waals surface area contributed by atoms with E-state index in [9.17, 15) is 0 Å². The topological polar surface area (TPSA) is 87.1 Å². The maximum atomic E-state index is 4.55. The van der Waals surface area contributed by atoms with Crippen LogP contribution < -0.4 is 4.90 Å². The Balaban J connectivity index is 0.000000136. The minimum absolute atomic E-state index is 0.655. The average molecular weight is 864 g/mol. The van der Waals surface area contributed by atoms with Gasteiger partial charge < -0.3 is 4.90 Å². The van der Waals surface area contributed by atoms with Crippen LogP contribution in [0.2, 0.25) is 0 Å².